The molecule has 24 heavy (non-hydrogen) atoms. The molecule has 2 N–H and O–H groups in total. The third kappa shape index (κ3) is 6.14. The van der Waals surface area contributed by atoms with Gasteiger partial charge in [-0.25, -0.2) is 0 Å². The Labute approximate surface area is 148 Å². The first kappa shape index (κ1) is 18.8. The summed E-state index contributed by atoms with van der Waals surface area (Å²) in [7, 11) is 0. The fraction of sp³-hybridized carbons (Fsp3) is 0.591. The Kier molecular flexibility index (Phi) is 8.07. The Hall–Kier alpha value is -1.57. The zero-order valence-electron chi connectivity index (χ0n) is 15.5. The fourth-order valence-corrected chi connectivity index (χ4v) is 3.53. The zero-order chi connectivity index (χ0) is 17.2. The maximum Gasteiger partial charge on any atom is 0.0661 e. The molecule has 0 heterocycles. The molecule has 0 bridgehead atoms. The second kappa shape index (κ2) is 10.3. The van der Waals surface area contributed by atoms with Crippen LogP contribution in [0.25, 0.3) is 0 Å². The summed E-state index contributed by atoms with van der Waals surface area (Å²) < 4.78 is 0. The van der Waals surface area contributed by atoms with Crippen LogP contribution in [0.1, 0.15) is 83.6 Å². The lowest BCUT2D eigenvalue weighted by molar-refractivity contribution is 0.543. The van der Waals surface area contributed by atoms with Crippen molar-refractivity contribution >= 4 is 5.71 Å². The smallest absolute Gasteiger partial charge is 0.0661 e. The first-order valence-corrected chi connectivity index (χ1v) is 9.81. The van der Waals surface area contributed by atoms with Gasteiger partial charge in [0, 0.05) is 11.7 Å². The van der Waals surface area contributed by atoms with E-state index in [0.717, 1.165) is 24.1 Å². The van der Waals surface area contributed by atoms with Crippen LogP contribution >= 0.6 is 0 Å². The molecule has 1 aliphatic carbocycles. The van der Waals surface area contributed by atoms with Crippen LogP contribution in [0.2, 0.25) is 0 Å². The van der Waals surface area contributed by atoms with E-state index in [4.69, 9.17) is 5.41 Å². The SMILES string of the molecule is CC(C)N/C1=C(\C(=N)c2ccccc2)CCCCCCCCCC1. The monoisotopic (exact) mass is 326 g/mol. The van der Waals surface area contributed by atoms with E-state index < -0.39 is 0 Å². The Balaban J connectivity index is 2.27. The van der Waals surface area contributed by atoms with Crippen LogP contribution in [0.4, 0.5) is 0 Å². The third-order valence-corrected chi connectivity index (χ3v) is 4.79. The van der Waals surface area contributed by atoms with Gasteiger partial charge in [0.1, 0.15) is 0 Å². The van der Waals surface area contributed by atoms with Gasteiger partial charge in [0.05, 0.1) is 5.71 Å². The van der Waals surface area contributed by atoms with Crippen molar-refractivity contribution in [3.05, 3.63) is 47.2 Å². The van der Waals surface area contributed by atoms with Crippen LogP contribution < -0.4 is 5.32 Å². The van der Waals surface area contributed by atoms with Gasteiger partial charge in [0.15, 0.2) is 0 Å². The Morgan fingerprint density at radius 1 is 0.833 bits per heavy atom. The fourth-order valence-electron chi connectivity index (χ4n) is 3.53. The van der Waals surface area contributed by atoms with E-state index in [2.05, 4.69) is 31.3 Å². The van der Waals surface area contributed by atoms with Gasteiger partial charge in [0.2, 0.25) is 0 Å². The van der Waals surface area contributed by atoms with Gasteiger partial charge in [-0.1, -0.05) is 68.9 Å². The largest absolute Gasteiger partial charge is 0.386 e. The minimum Gasteiger partial charge on any atom is -0.386 e. The molecule has 1 aromatic rings. The lowest BCUT2D eigenvalue weighted by Gasteiger charge is -2.21. The topological polar surface area (TPSA) is 35.9 Å². The highest BCUT2D eigenvalue weighted by atomic mass is 14.9. The summed E-state index contributed by atoms with van der Waals surface area (Å²) >= 11 is 0. The predicted molar refractivity (Wildman–Crippen MR) is 105 cm³/mol. The number of allylic oxidation sites excluding steroid dienone is 2. The highest BCUT2D eigenvalue weighted by Crippen LogP contribution is 2.24. The molecular formula is C22H34N2. The van der Waals surface area contributed by atoms with Crippen molar-refractivity contribution in [2.45, 2.75) is 84.1 Å². The van der Waals surface area contributed by atoms with Crippen LogP contribution in [0.5, 0.6) is 0 Å². The average Bonchev–Trinajstić information content (AvgIpc) is 2.57. The van der Waals surface area contributed by atoms with Gasteiger partial charge < -0.3 is 5.32 Å². The minimum atomic E-state index is 0.423. The molecule has 0 saturated heterocycles. The highest BCUT2D eigenvalue weighted by molar-refractivity contribution is 6.10. The summed E-state index contributed by atoms with van der Waals surface area (Å²) in [5.41, 5.74) is 4.33. The normalized spacial score (nSPS) is 21.0. The molecule has 0 atom stereocenters. The van der Waals surface area contributed by atoms with Gasteiger partial charge in [0.25, 0.3) is 0 Å². The summed E-state index contributed by atoms with van der Waals surface area (Å²) in [5.74, 6) is 0. The summed E-state index contributed by atoms with van der Waals surface area (Å²) in [4.78, 5) is 0. The highest BCUT2D eigenvalue weighted by Gasteiger charge is 2.15. The number of hydrogen-bond donors (Lipinski definition) is 2. The number of rotatable bonds is 4. The Bertz CT molecular complexity index is 528. The van der Waals surface area contributed by atoms with Crippen LogP contribution in [-0.2, 0) is 0 Å². The second-order valence-electron chi connectivity index (χ2n) is 7.33. The molecular weight excluding hydrogens is 292 g/mol. The van der Waals surface area contributed by atoms with Gasteiger partial charge in [-0.3, -0.25) is 5.41 Å². The molecule has 2 rings (SSSR count). The summed E-state index contributed by atoms with van der Waals surface area (Å²) in [6.07, 6.45) is 12.6. The molecule has 0 unspecified atom stereocenters. The minimum absolute atomic E-state index is 0.423. The molecule has 0 aliphatic heterocycles. The first-order valence-electron chi connectivity index (χ1n) is 9.81. The van der Waals surface area contributed by atoms with E-state index in [0.29, 0.717) is 6.04 Å². The van der Waals surface area contributed by atoms with Crippen LogP contribution in [0, 0.1) is 5.41 Å². The van der Waals surface area contributed by atoms with Crippen molar-refractivity contribution in [2.75, 3.05) is 0 Å². The van der Waals surface area contributed by atoms with E-state index in [1.54, 1.807) is 0 Å². The van der Waals surface area contributed by atoms with Crippen molar-refractivity contribution in [1.82, 2.24) is 5.32 Å². The number of benzene rings is 1. The lowest BCUT2D eigenvalue weighted by Crippen LogP contribution is -2.25. The van der Waals surface area contributed by atoms with E-state index in [9.17, 15) is 0 Å². The van der Waals surface area contributed by atoms with E-state index in [1.165, 1.54) is 62.6 Å². The van der Waals surface area contributed by atoms with Gasteiger partial charge >= 0.3 is 0 Å². The average molecular weight is 327 g/mol. The Morgan fingerprint density at radius 2 is 1.38 bits per heavy atom. The summed E-state index contributed by atoms with van der Waals surface area (Å²) in [6.45, 7) is 4.40. The molecule has 0 radical (unpaired) electrons. The van der Waals surface area contributed by atoms with Gasteiger partial charge in [-0.15, -0.1) is 0 Å². The molecule has 0 saturated carbocycles. The van der Waals surface area contributed by atoms with Crippen LogP contribution in [0.15, 0.2) is 41.6 Å². The molecule has 2 heteroatoms. The number of nitrogens with one attached hydrogen (secondary N) is 2. The first-order chi connectivity index (χ1) is 11.7. The van der Waals surface area contributed by atoms with E-state index in [-0.39, 0.29) is 0 Å². The molecule has 1 aromatic carbocycles. The summed E-state index contributed by atoms with van der Waals surface area (Å²) in [5, 5.41) is 12.5. The molecule has 2 nitrogen and oxygen atoms in total. The van der Waals surface area contributed by atoms with Crippen molar-refractivity contribution in [3.63, 3.8) is 0 Å². The molecule has 0 fully saturated rings. The lowest BCUT2D eigenvalue weighted by atomic mass is 9.92. The van der Waals surface area contributed by atoms with Crippen LogP contribution in [0.3, 0.4) is 0 Å². The predicted octanol–water partition coefficient (Wildman–Crippen LogP) is 6.22. The van der Waals surface area contributed by atoms with Crippen molar-refractivity contribution in [2.24, 2.45) is 0 Å². The van der Waals surface area contributed by atoms with Gasteiger partial charge in [-0.05, 0) is 50.7 Å². The van der Waals surface area contributed by atoms with Crippen molar-refractivity contribution in [1.29, 1.82) is 5.41 Å². The maximum atomic E-state index is 8.79. The summed E-state index contributed by atoms with van der Waals surface area (Å²) in [6, 6.07) is 10.7. The molecule has 132 valence electrons. The van der Waals surface area contributed by atoms with E-state index in [1.807, 2.05) is 18.2 Å². The molecule has 0 spiro atoms. The maximum absolute atomic E-state index is 8.79. The van der Waals surface area contributed by atoms with Crippen molar-refractivity contribution in [3.8, 4) is 0 Å². The van der Waals surface area contributed by atoms with E-state index >= 15 is 0 Å². The second-order valence-corrected chi connectivity index (χ2v) is 7.33. The van der Waals surface area contributed by atoms with Gasteiger partial charge in [-0.2, -0.15) is 0 Å². The zero-order valence-corrected chi connectivity index (χ0v) is 15.5. The van der Waals surface area contributed by atoms with Crippen LogP contribution in [-0.4, -0.2) is 11.8 Å². The standard InChI is InChI=1S/C22H34N2/c1-18(2)24-21-17-13-8-6-4-3-5-7-12-16-20(21)22(23)19-14-10-9-11-15-19/h9-11,14-15,18,23-24H,3-8,12-13,16-17H2,1-2H3/b21-20-,23-22?. The molecule has 0 amide bonds. The van der Waals surface area contributed by atoms with Crippen molar-refractivity contribution < 1.29 is 0 Å². The third-order valence-electron chi connectivity index (χ3n) is 4.79. The Morgan fingerprint density at radius 3 is 1.96 bits per heavy atom. The molecule has 0 aromatic heterocycles. The number of hydrogen-bond acceptors (Lipinski definition) is 2. The molecule has 1 aliphatic rings. The quantitative estimate of drug-likeness (QED) is 0.633.